The van der Waals surface area contributed by atoms with Gasteiger partial charge in [0.05, 0.1) is 11.6 Å². The van der Waals surface area contributed by atoms with Crippen LogP contribution in [0.1, 0.15) is 51.1 Å². The van der Waals surface area contributed by atoms with Crippen molar-refractivity contribution in [1.29, 1.82) is 0 Å². The molecule has 0 radical (unpaired) electrons. The molecule has 1 aliphatic heterocycles. The predicted octanol–water partition coefficient (Wildman–Crippen LogP) is 5.11. The number of aromatic nitrogens is 2. The third kappa shape index (κ3) is 5.11. The van der Waals surface area contributed by atoms with Crippen molar-refractivity contribution in [2.75, 3.05) is 6.61 Å². The summed E-state index contributed by atoms with van der Waals surface area (Å²) in [7, 11) is 0. The van der Waals surface area contributed by atoms with E-state index in [1.165, 1.54) is 6.07 Å². The largest absolute Gasteiger partial charge is 0.491 e. The van der Waals surface area contributed by atoms with E-state index in [0.717, 1.165) is 5.56 Å². The van der Waals surface area contributed by atoms with E-state index in [1.807, 2.05) is 6.07 Å². The Morgan fingerprint density at radius 2 is 1.97 bits per heavy atom. The maximum atomic E-state index is 14.9. The maximum absolute atomic E-state index is 14.9. The molecule has 0 spiro atoms. The molecule has 0 bridgehead atoms. The molecule has 2 N–H and O–H groups in total. The molecule has 1 aliphatic carbocycles. The van der Waals surface area contributed by atoms with Crippen LogP contribution < -0.4 is 15.4 Å². The second-order valence-corrected chi connectivity index (χ2v) is 10.7. The Hall–Kier alpha value is -3.66. The molecule has 3 aromatic rings. The fraction of sp³-hybridized carbons (Fsp3) is 0.385. The number of carbonyl (C=O) groups excluding carboxylic acids is 2. The highest BCUT2D eigenvalue weighted by Gasteiger charge is 2.52. The molecular weight excluding hydrogens is 503 g/mol. The molecule has 9 nitrogen and oxygen atoms in total. The summed E-state index contributed by atoms with van der Waals surface area (Å²) < 4.78 is 31.1. The van der Waals surface area contributed by atoms with Gasteiger partial charge in [0.15, 0.2) is 0 Å². The summed E-state index contributed by atoms with van der Waals surface area (Å²) in [5.41, 5.74) is 0.387. The summed E-state index contributed by atoms with van der Waals surface area (Å²) in [6.07, 6.45) is 0.417. The van der Waals surface area contributed by atoms with E-state index in [2.05, 4.69) is 20.8 Å². The summed E-state index contributed by atoms with van der Waals surface area (Å²) in [4.78, 5) is 29.4. The Balaban J connectivity index is 1.36. The fourth-order valence-corrected chi connectivity index (χ4v) is 4.46. The fourth-order valence-electron chi connectivity index (χ4n) is 4.26. The number of fused-ring (bicyclic) bond motifs is 1. The van der Waals surface area contributed by atoms with E-state index in [-0.39, 0.29) is 28.9 Å². The van der Waals surface area contributed by atoms with Crippen molar-refractivity contribution in [3.63, 3.8) is 0 Å². The summed E-state index contributed by atoms with van der Waals surface area (Å²) in [6.45, 7) is 7.12. The van der Waals surface area contributed by atoms with Crippen LogP contribution in [0.2, 0.25) is 5.02 Å². The Morgan fingerprint density at radius 1 is 1.22 bits per heavy atom. The van der Waals surface area contributed by atoms with Gasteiger partial charge in [0.25, 0.3) is 0 Å². The quantitative estimate of drug-likeness (QED) is 0.472. The van der Waals surface area contributed by atoms with E-state index in [9.17, 15) is 14.0 Å². The first kappa shape index (κ1) is 25.0. The molecule has 1 atom stereocenters. The molecule has 5 rings (SSSR count). The topological polar surface area (TPSA) is 116 Å². The predicted molar refractivity (Wildman–Crippen MR) is 133 cm³/mol. The van der Waals surface area contributed by atoms with Gasteiger partial charge in [-0.15, -0.1) is 0 Å². The molecule has 37 heavy (non-hydrogen) atoms. The number of carbonyl (C=O) groups is 2. The first-order valence-corrected chi connectivity index (χ1v) is 12.2. The Bertz CT molecular complexity index is 1400. The van der Waals surface area contributed by atoms with E-state index in [4.69, 9.17) is 25.6 Å². The lowest BCUT2D eigenvalue weighted by atomic mass is 9.96. The number of rotatable bonds is 5. The number of ether oxygens (including phenoxy) is 2. The van der Waals surface area contributed by atoms with Crippen LogP contribution in [0.3, 0.4) is 0 Å². The minimum absolute atomic E-state index is 0.112. The third-order valence-electron chi connectivity index (χ3n) is 6.14. The number of hydrogen-bond donors (Lipinski definition) is 2. The highest BCUT2D eigenvalue weighted by molar-refractivity contribution is 6.31. The molecule has 2 heterocycles. The van der Waals surface area contributed by atoms with Crippen molar-refractivity contribution in [2.24, 2.45) is 0 Å². The normalized spacial score (nSPS) is 17.5. The maximum Gasteiger partial charge on any atom is 0.408 e. The van der Waals surface area contributed by atoms with E-state index in [1.54, 1.807) is 45.9 Å². The lowest BCUT2D eigenvalue weighted by Crippen LogP contribution is -2.51. The molecular formula is C26H26ClFN4O5. The minimum Gasteiger partial charge on any atom is -0.491 e. The second-order valence-electron chi connectivity index (χ2n) is 10.2. The summed E-state index contributed by atoms with van der Waals surface area (Å²) in [5.74, 6) is 0.0854. The first-order chi connectivity index (χ1) is 17.4. The monoisotopic (exact) mass is 528 g/mol. The Morgan fingerprint density at radius 3 is 2.62 bits per heavy atom. The molecule has 2 aliphatic rings. The standard InChI is InChI=1S/C26H26ClFN4O5/c1-13-29-22(32-37-13)21-17(10-15(27)11-18(21)28)14-5-6-16-19(12-35-20(16)9-14)30-23(33)26(7-8-26)31-24(34)36-25(2,3)4/h5-6,9-11,19H,7-8,12H2,1-4H3,(H,30,33)(H,31,34). The van der Waals surface area contributed by atoms with Crippen molar-refractivity contribution in [3.05, 3.63) is 52.6 Å². The highest BCUT2D eigenvalue weighted by Crippen LogP contribution is 2.42. The van der Waals surface area contributed by atoms with Crippen LogP contribution in [-0.4, -0.2) is 39.9 Å². The number of hydrogen-bond acceptors (Lipinski definition) is 7. The van der Waals surface area contributed by atoms with Crippen LogP contribution in [0.4, 0.5) is 9.18 Å². The molecule has 11 heteroatoms. The van der Waals surface area contributed by atoms with Crippen molar-refractivity contribution in [1.82, 2.24) is 20.8 Å². The zero-order valence-electron chi connectivity index (χ0n) is 20.8. The lowest BCUT2D eigenvalue weighted by molar-refractivity contribution is -0.125. The summed E-state index contributed by atoms with van der Waals surface area (Å²) >= 11 is 6.16. The number of halogens is 2. The molecule has 1 aromatic heterocycles. The van der Waals surface area contributed by atoms with Gasteiger partial charge in [0.1, 0.15) is 29.3 Å². The zero-order valence-corrected chi connectivity index (χ0v) is 21.5. The van der Waals surface area contributed by atoms with Crippen LogP contribution in [0, 0.1) is 12.7 Å². The summed E-state index contributed by atoms with van der Waals surface area (Å²) in [5, 5.41) is 9.76. The van der Waals surface area contributed by atoms with Crippen molar-refractivity contribution < 1.29 is 28.0 Å². The van der Waals surface area contributed by atoms with Crippen molar-refractivity contribution in [3.8, 4) is 28.3 Å². The van der Waals surface area contributed by atoms with Crippen LogP contribution in [-0.2, 0) is 9.53 Å². The Labute approximate surface area is 217 Å². The zero-order chi connectivity index (χ0) is 26.5. The molecule has 1 saturated carbocycles. The van der Waals surface area contributed by atoms with Gasteiger partial charge in [0.2, 0.25) is 17.6 Å². The second kappa shape index (κ2) is 9.02. The Kier molecular flexibility index (Phi) is 6.10. The van der Waals surface area contributed by atoms with Gasteiger partial charge >= 0.3 is 6.09 Å². The first-order valence-electron chi connectivity index (χ1n) is 11.8. The average molecular weight is 529 g/mol. The summed E-state index contributed by atoms with van der Waals surface area (Å²) in [6, 6.07) is 7.77. The molecule has 2 aromatic carbocycles. The van der Waals surface area contributed by atoms with E-state index >= 15 is 0 Å². The minimum atomic E-state index is -0.985. The number of nitrogens with zero attached hydrogens (tertiary/aromatic N) is 2. The SMILES string of the molecule is Cc1nc(-c2c(F)cc(Cl)cc2-c2ccc3c(c2)OCC3NC(=O)C2(NC(=O)OC(C)(C)C)CC2)no1. The van der Waals surface area contributed by atoms with Crippen molar-refractivity contribution >= 4 is 23.6 Å². The number of alkyl carbamates (subject to hydrolysis) is 1. The number of nitrogens with one attached hydrogen (secondary N) is 2. The molecule has 1 fully saturated rings. The van der Waals surface area contributed by atoms with Gasteiger partial charge < -0.3 is 24.6 Å². The van der Waals surface area contributed by atoms with Crippen molar-refractivity contribution in [2.45, 2.75) is 57.7 Å². The van der Waals surface area contributed by atoms with Crippen LogP contribution in [0.15, 0.2) is 34.9 Å². The number of benzene rings is 2. The van der Waals surface area contributed by atoms with Gasteiger partial charge in [-0.25, -0.2) is 9.18 Å². The van der Waals surface area contributed by atoms with Gasteiger partial charge in [-0.2, -0.15) is 4.98 Å². The van der Waals surface area contributed by atoms with Gasteiger partial charge in [-0.1, -0.05) is 28.9 Å². The van der Waals surface area contributed by atoms with Gasteiger partial charge in [0, 0.05) is 17.5 Å². The van der Waals surface area contributed by atoms with Crippen LogP contribution >= 0.6 is 11.6 Å². The van der Waals surface area contributed by atoms with E-state index in [0.29, 0.717) is 35.6 Å². The molecule has 194 valence electrons. The average Bonchev–Trinajstić information content (AvgIpc) is 3.28. The molecule has 2 amide bonds. The molecule has 0 saturated heterocycles. The smallest absolute Gasteiger partial charge is 0.408 e. The van der Waals surface area contributed by atoms with Gasteiger partial charge in [-0.05, 0) is 62.9 Å². The lowest BCUT2D eigenvalue weighted by Gasteiger charge is -2.24. The molecule has 1 unspecified atom stereocenters. The number of aryl methyl sites for hydroxylation is 1. The highest BCUT2D eigenvalue weighted by atomic mass is 35.5. The van der Waals surface area contributed by atoms with Crippen LogP contribution in [0.25, 0.3) is 22.5 Å². The third-order valence-corrected chi connectivity index (χ3v) is 6.36. The van der Waals surface area contributed by atoms with E-state index < -0.39 is 29.1 Å². The van der Waals surface area contributed by atoms with Crippen LogP contribution in [0.5, 0.6) is 5.75 Å². The van der Waals surface area contributed by atoms with Gasteiger partial charge in [-0.3, -0.25) is 4.79 Å². The number of amides is 2.